The second kappa shape index (κ2) is 5.36. The minimum absolute atomic E-state index is 0.212. The number of carbonyl (C=O) groups excluding carboxylic acids is 1. The van der Waals surface area contributed by atoms with E-state index in [0.717, 1.165) is 18.7 Å². The van der Waals surface area contributed by atoms with E-state index < -0.39 is 0 Å². The predicted molar refractivity (Wildman–Crippen MR) is 66.2 cm³/mol. The fourth-order valence-electron chi connectivity index (χ4n) is 1.67. The van der Waals surface area contributed by atoms with Crippen LogP contribution in [0.15, 0.2) is 18.3 Å². The third kappa shape index (κ3) is 3.33. The zero-order valence-electron chi connectivity index (χ0n) is 9.73. The molecule has 0 saturated heterocycles. The van der Waals surface area contributed by atoms with Gasteiger partial charge < -0.3 is 9.64 Å². The molecule has 2 rings (SSSR count). The molecule has 1 aromatic rings. The number of rotatable bonds is 5. The van der Waals surface area contributed by atoms with E-state index in [2.05, 4.69) is 4.98 Å². The molecular formula is C12H15ClN2O2. The highest BCUT2D eigenvalue weighted by atomic mass is 35.5. The summed E-state index contributed by atoms with van der Waals surface area (Å²) in [6.45, 7) is 2.47. The van der Waals surface area contributed by atoms with Gasteiger partial charge in [-0.3, -0.25) is 4.79 Å². The Hall–Kier alpha value is -1.29. The second-order valence-electron chi connectivity index (χ2n) is 4.00. The SMILES string of the molecule is CCOC(=O)CN(c1ccc(Cl)cn1)C1CC1. The van der Waals surface area contributed by atoms with Gasteiger partial charge in [0.15, 0.2) is 0 Å². The number of ether oxygens (including phenoxy) is 1. The van der Waals surface area contributed by atoms with E-state index in [0.29, 0.717) is 17.7 Å². The fraction of sp³-hybridized carbons (Fsp3) is 0.500. The molecule has 5 heteroatoms. The maximum atomic E-state index is 11.5. The Kier molecular flexibility index (Phi) is 3.84. The zero-order chi connectivity index (χ0) is 12.3. The highest BCUT2D eigenvalue weighted by Gasteiger charge is 2.31. The first-order valence-corrected chi connectivity index (χ1v) is 6.12. The Morgan fingerprint density at radius 2 is 2.35 bits per heavy atom. The van der Waals surface area contributed by atoms with Crippen LogP contribution in [0.2, 0.25) is 5.02 Å². The highest BCUT2D eigenvalue weighted by molar-refractivity contribution is 6.30. The molecule has 0 atom stereocenters. The third-order valence-corrected chi connectivity index (χ3v) is 2.82. The van der Waals surface area contributed by atoms with Crippen molar-refractivity contribution in [2.24, 2.45) is 0 Å². The number of esters is 1. The van der Waals surface area contributed by atoms with Crippen LogP contribution in [0.4, 0.5) is 5.82 Å². The van der Waals surface area contributed by atoms with Crippen LogP contribution in [-0.2, 0) is 9.53 Å². The Morgan fingerprint density at radius 3 is 2.88 bits per heavy atom. The van der Waals surface area contributed by atoms with Crippen LogP contribution in [0.5, 0.6) is 0 Å². The minimum atomic E-state index is -0.212. The summed E-state index contributed by atoms with van der Waals surface area (Å²) in [5.74, 6) is 0.570. The van der Waals surface area contributed by atoms with E-state index >= 15 is 0 Å². The first-order chi connectivity index (χ1) is 8.20. The van der Waals surface area contributed by atoms with Crippen molar-refractivity contribution in [1.29, 1.82) is 0 Å². The fourth-order valence-corrected chi connectivity index (χ4v) is 1.78. The molecule has 0 N–H and O–H groups in total. The van der Waals surface area contributed by atoms with Gasteiger partial charge in [0.2, 0.25) is 0 Å². The van der Waals surface area contributed by atoms with Gasteiger partial charge in [0.1, 0.15) is 12.4 Å². The molecule has 0 bridgehead atoms. The van der Waals surface area contributed by atoms with Crippen LogP contribution >= 0.6 is 11.6 Å². The molecule has 1 aromatic heterocycles. The first kappa shape index (κ1) is 12.2. The van der Waals surface area contributed by atoms with Gasteiger partial charge in [-0.25, -0.2) is 4.98 Å². The zero-order valence-corrected chi connectivity index (χ0v) is 10.5. The lowest BCUT2D eigenvalue weighted by atomic mass is 10.4. The molecule has 1 aliphatic carbocycles. The average Bonchev–Trinajstić information content (AvgIpc) is 3.12. The van der Waals surface area contributed by atoms with Crippen molar-refractivity contribution in [3.05, 3.63) is 23.4 Å². The number of pyridine rings is 1. The van der Waals surface area contributed by atoms with Gasteiger partial charge in [-0.15, -0.1) is 0 Å². The van der Waals surface area contributed by atoms with Crippen LogP contribution in [0.25, 0.3) is 0 Å². The van der Waals surface area contributed by atoms with Crippen molar-refractivity contribution in [3.63, 3.8) is 0 Å². The highest BCUT2D eigenvalue weighted by Crippen LogP contribution is 2.30. The molecule has 0 aromatic carbocycles. The molecular weight excluding hydrogens is 240 g/mol. The quantitative estimate of drug-likeness (QED) is 0.756. The Labute approximate surface area is 106 Å². The van der Waals surface area contributed by atoms with Crippen LogP contribution in [0.1, 0.15) is 19.8 Å². The van der Waals surface area contributed by atoms with E-state index in [-0.39, 0.29) is 12.5 Å². The molecule has 4 nitrogen and oxygen atoms in total. The maximum Gasteiger partial charge on any atom is 0.325 e. The molecule has 0 amide bonds. The van der Waals surface area contributed by atoms with Crippen molar-refractivity contribution in [2.75, 3.05) is 18.1 Å². The van der Waals surface area contributed by atoms with Crippen LogP contribution in [0.3, 0.4) is 0 Å². The molecule has 92 valence electrons. The second-order valence-corrected chi connectivity index (χ2v) is 4.44. The molecule has 1 saturated carbocycles. The summed E-state index contributed by atoms with van der Waals surface area (Å²) in [4.78, 5) is 17.7. The summed E-state index contributed by atoms with van der Waals surface area (Å²) in [6.07, 6.45) is 3.80. The lowest BCUT2D eigenvalue weighted by Crippen LogP contribution is -2.33. The van der Waals surface area contributed by atoms with Gasteiger partial charge >= 0.3 is 5.97 Å². The van der Waals surface area contributed by atoms with E-state index in [1.807, 2.05) is 11.0 Å². The molecule has 17 heavy (non-hydrogen) atoms. The van der Waals surface area contributed by atoms with Crippen LogP contribution < -0.4 is 4.90 Å². The van der Waals surface area contributed by atoms with E-state index in [9.17, 15) is 4.79 Å². The maximum absolute atomic E-state index is 11.5. The minimum Gasteiger partial charge on any atom is -0.465 e. The summed E-state index contributed by atoms with van der Waals surface area (Å²) in [6, 6.07) is 4.03. The van der Waals surface area contributed by atoms with Gasteiger partial charge in [-0.1, -0.05) is 11.6 Å². The summed E-state index contributed by atoms with van der Waals surface area (Å²) in [5, 5.41) is 0.598. The summed E-state index contributed by atoms with van der Waals surface area (Å²) >= 11 is 5.79. The summed E-state index contributed by atoms with van der Waals surface area (Å²) < 4.78 is 4.96. The topological polar surface area (TPSA) is 42.4 Å². The van der Waals surface area contributed by atoms with Crippen LogP contribution in [0, 0.1) is 0 Å². The van der Waals surface area contributed by atoms with Gasteiger partial charge in [0.05, 0.1) is 11.6 Å². The summed E-state index contributed by atoms with van der Waals surface area (Å²) in [7, 11) is 0. The normalized spacial score (nSPS) is 14.5. The molecule has 0 unspecified atom stereocenters. The van der Waals surface area contributed by atoms with E-state index in [1.54, 1.807) is 19.2 Å². The smallest absolute Gasteiger partial charge is 0.325 e. The largest absolute Gasteiger partial charge is 0.465 e. The van der Waals surface area contributed by atoms with Crippen LogP contribution in [-0.4, -0.2) is 30.1 Å². The van der Waals surface area contributed by atoms with Gasteiger partial charge in [-0.2, -0.15) is 0 Å². The number of carbonyl (C=O) groups is 1. The lowest BCUT2D eigenvalue weighted by Gasteiger charge is -2.22. The Bertz CT molecular complexity index is 390. The molecule has 0 radical (unpaired) electrons. The Balaban J connectivity index is 2.06. The lowest BCUT2D eigenvalue weighted by molar-refractivity contribution is -0.141. The molecule has 0 spiro atoms. The molecule has 1 heterocycles. The molecule has 1 aliphatic rings. The van der Waals surface area contributed by atoms with Crippen molar-refractivity contribution < 1.29 is 9.53 Å². The number of halogens is 1. The summed E-state index contributed by atoms with van der Waals surface area (Å²) in [5.41, 5.74) is 0. The van der Waals surface area contributed by atoms with Gasteiger partial charge in [0.25, 0.3) is 0 Å². The van der Waals surface area contributed by atoms with E-state index in [4.69, 9.17) is 16.3 Å². The number of nitrogens with zero attached hydrogens (tertiary/aromatic N) is 2. The van der Waals surface area contributed by atoms with E-state index in [1.165, 1.54) is 0 Å². The van der Waals surface area contributed by atoms with Gasteiger partial charge in [-0.05, 0) is 31.9 Å². The molecule has 1 fully saturated rings. The van der Waals surface area contributed by atoms with Crippen molar-refractivity contribution >= 4 is 23.4 Å². The predicted octanol–water partition coefficient (Wildman–Crippen LogP) is 2.27. The standard InChI is InChI=1S/C12H15ClN2O2/c1-2-17-12(16)8-15(10-4-5-10)11-6-3-9(13)7-14-11/h3,6-7,10H,2,4-5,8H2,1H3. The number of aromatic nitrogens is 1. The van der Waals surface area contributed by atoms with Crippen molar-refractivity contribution in [3.8, 4) is 0 Å². The first-order valence-electron chi connectivity index (χ1n) is 5.74. The number of hydrogen-bond acceptors (Lipinski definition) is 4. The molecule has 0 aliphatic heterocycles. The third-order valence-electron chi connectivity index (χ3n) is 2.60. The number of anilines is 1. The Morgan fingerprint density at radius 1 is 1.59 bits per heavy atom. The average molecular weight is 255 g/mol. The van der Waals surface area contributed by atoms with Gasteiger partial charge in [0, 0.05) is 12.2 Å². The van der Waals surface area contributed by atoms with Crippen molar-refractivity contribution in [2.45, 2.75) is 25.8 Å². The monoisotopic (exact) mass is 254 g/mol. The number of hydrogen-bond donors (Lipinski definition) is 0. The van der Waals surface area contributed by atoms with Crippen molar-refractivity contribution in [1.82, 2.24) is 4.98 Å².